The van der Waals surface area contributed by atoms with Crippen molar-refractivity contribution in [3.05, 3.63) is 48.3 Å². The molecule has 7 heteroatoms. The first-order chi connectivity index (χ1) is 14.5. The van der Waals surface area contributed by atoms with Gasteiger partial charge in [0.2, 0.25) is 0 Å². The smallest absolute Gasteiger partial charge is 0.321 e. The van der Waals surface area contributed by atoms with Crippen LogP contribution in [0.1, 0.15) is 19.3 Å². The fraction of sp³-hybridized carbons (Fsp3) is 0.435. The number of anilines is 2. The van der Waals surface area contributed by atoms with E-state index >= 15 is 0 Å². The number of carbonyl (C=O) groups is 1. The van der Waals surface area contributed by atoms with Crippen LogP contribution in [0.25, 0.3) is 11.1 Å². The molecule has 0 radical (unpaired) electrons. The quantitative estimate of drug-likeness (QED) is 0.731. The Morgan fingerprint density at radius 1 is 1.03 bits per heavy atom. The van der Waals surface area contributed by atoms with Gasteiger partial charge in [-0.05, 0) is 66.6 Å². The molecule has 4 rings (SSSR count). The minimum Gasteiger partial charge on any atom is -0.397 e. The Hall–Kier alpha value is -2.67. The lowest BCUT2D eigenvalue weighted by Crippen LogP contribution is -2.46. The monoisotopic (exact) mass is 414 g/mol. The van der Waals surface area contributed by atoms with Crippen LogP contribution in [-0.2, 0) is 0 Å². The third kappa shape index (κ3) is 4.41. The fourth-order valence-corrected chi connectivity index (χ4v) is 4.61. The summed E-state index contributed by atoms with van der Waals surface area (Å²) < 4.78 is 25.8. The Morgan fingerprint density at radius 3 is 2.40 bits per heavy atom. The number of halogens is 2. The molecule has 0 aromatic heterocycles. The number of nitrogens with one attached hydrogen (secondary N) is 1. The van der Waals surface area contributed by atoms with E-state index in [0.717, 1.165) is 43.5 Å². The van der Waals surface area contributed by atoms with Gasteiger partial charge in [-0.15, -0.1) is 0 Å². The summed E-state index contributed by atoms with van der Waals surface area (Å²) in [5.41, 5.74) is 9.04. The first-order valence-corrected chi connectivity index (χ1v) is 10.5. The van der Waals surface area contributed by atoms with Crippen molar-refractivity contribution in [2.24, 2.45) is 5.41 Å². The number of rotatable bonds is 4. The molecule has 0 aliphatic carbocycles. The van der Waals surface area contributed by atoms with Crippen LogP contribution in [0, 0.1) is 11.2 Å². The van der Waals surface area contributed by atoms with Gasteiger partial charge in [0.15, 0.2) is 0 Å². The van der Waals surface area contributed by atoms with Crippen molar-refractivity contribution in [1.29, 1.82) is 0 Å². The van der Waals surface area contributed by atoms with E-state index in [9.17, 15) is 13.6 Å². The highest BCUT2D eigenvalue weighted by Crippen LogP contribution is 2.40. The SMILES string of the molecule is Nc1ccc(-c2ccc(F)cc2)cc1NC(=O)N1CCC2(CCN(CCF)C2)CC1. The van der Waals surface area contributed by atoms with Crippen LogP contribution in [0.5, 0.6) is 0 Å². The Balaban J connectivity index is 1.39. The first kappa shape index (κ1) is 20.6. The number of likely N-dealkylation sites (tertiary alicyclic amines) is 2. The van der Waals surface area contributed by atoms with Gasteiger partial charge in [0.25, 0.3) is 0 Å². The lowest BCUT2D eigenvalue weighted by Gasteiger charge is -2.39. The van der Waals surface area contributed by atoms with Crippen LogP contribution >= 0.6 is 0 Å². The lowest BCUT2D eigenvalue weighted by atomic mass is 9.78. The topological polar surface area (TPSA) is 61.6 Å². The van der Waals surface area contributed by atoms with Crippen LogP contribution in [-0.4, -0.2) is 55.2 Å². The summed E-state index contributed by atoms with van der Waals surface area (Å²) >= 11 is 0. The molecule has 0 bridgehead atoms. The molecule has 3 N–H and O–H groups in total. The third-order valence-corrected chi connectivity index (χ3v) is 6.50. The van der Waals surface area contributed by atoms with Gasteiger partial charge in [0, 0.05) is 26.2 Å². The molecule has 0 atom stereocenters. The largest absolute Gasteiger partial charge is 0.397 e. The number of alkyl halides is 1. The molecule has 0 saturated carbocycles. The molecule has 160 valence electrons. The van der Waals surface area contributed by atoms with Gasteiger partial charge >= 0.3 is 6.03 Å². The van der Waals surface area contributed by atoms with E-state index in [1.165, 1.54) is 12.1 Å². The zero-order valence-corrected chi connectivity index (χ0v) is 17.0. The summed E-state index contributed by atoms with van der Waals surface area (Å²) in [5.74, 6) is -0.291. The molecule has 2 heterocycles. The summed E-state index contributed by atoms with van der Waals surface area (Å²) in [6, 6.07) is 11.5. The van der Waals surface area contributed by atoms with Crippen molar-refractivity contribution in [3.8, 4) is 11.1 Å². The molecule has 2 aromatic carbocycles. The van der Waals surface area contributed by atoms with Gasteiger partial charge in [0.05, 0.1) is 11.4 Å². The van der Waals surface area contributed by atoms with E-state index < -0.39 is 0 Å². The summed E-state index contributed by atoms with van der Waals surface area (Å²) in [5, 5.41) is 2.94. The number of nitrogen functional groups attached to an aromatic ring is 1. The molecule has 2 aromatic rings. The fourth-order valence-electron chi connectivity index (χ4n) is 4.61. The predicted molar refractivity (Wildman–Crippen MR) is 116 cm³/mol. The average Bonchev–Trinajstić information content (AvgIpc) is 3.13. The maximum Gasteiger partial charge on any atom is 0.321 e. The van der Waals surface area contributed by atoms with Crippen molar-refractivity contribution >= 4 is 17.4 Å². The van der Waals surface area contributed by atoms with Crippen molar-refractivity contribution in [2.45, 2.75) is 19.3 Å². The minimum atomic E-state index is -0.303. The van der Waals surface area contributed by atoms with Gasteiger partial charge in [-0.2, -0.15) is 0 Å². The highest BCUT2D eigenvalue weighted by Gasteiger charge is 2.41. The third-order valence-electron chi connectivity index (χ3n) is 6.50. The highest BCUT2D eigenvalue weighted by atomic mass is 19.1. The number of carbonyl (C=O) groups excluding carboxylic acids is 1. The van der Waals surface area contributed by atoms with Gasteiger partial charge < -0.3 is 20.9 Å². The zero-order valence-electron chi connectivity index (χ0n) is 17.0. The maximum atomic E-state index is 13.2. The molecule has 0 unspecified atom stereocenters. The van der Waals surface area contributed by atoms with Gasteiger partial charge in [-0.3, -0.25) is 0 Å². The second-order valence-corrected chi connectivity index (χ2v) is 8.44. The van der Waals surface area contributed by atoms with E-state index in [1.807, 2.05) is 17.0 Å². The van der Waals surface area contributed by atoms with Gasteiger partial charge in [-0.25, -0.2) is 13.6 Å². The summed E-state index contributed by atoms with van der Waals surface area (Å²) in [4.78, 5) is 16.9. The number of nitrogens with zero attached hydrogens (tertiary/aromatic N) is 2. The Morgan fingerprint density at radius 2 is 1.70 bits per heavy atom. The molecule has 30 heavy (non-hydrogen) atoms. The second kappa shape index (κ2) is 8.60. The standard InChI is InChI=1S/C23H28F2N4O/c24-10-14-28-11-7-23(16-28)8-12-29(13-9-23)22(30)27-21-15-18(3-6-20(21)26)17-1-4-19(25)5-2-17/h1-6,15H,7-14,16,26H2,(H,27,30). The zero-order chi connectivity index (χ0) is 21.1. The number of nitrogens with two attached hydrogens (primary N) is 1. The highest BCUT2D eigenvalue weighted by molar-refractivity contribution is 5.94. The number of hydrogen-bond donors (Lipinski definition) is 2. The molecule has 5 nitrogen and oxygen atoms in total. The van der Waals surface area contributed by atoms with E-state index in [4.69, 9.17) is 5.73 Å². The van der Waals surface area contributed by atoms with Crippen LogP contribution in [0.4, 0.5) is 25.0 Å². The first-order valence-electron chi connectivity index (χ1n) is 10.5. The van der Waals surface area contributed by atoms with Crippen LogP contribution < -0.4 is 11.1 Å². The molecule has 1 spiro atoms. The molecule has 2 saturated heterocycles. The van der Waals surface area contributed by atoms with Gasteiger partial charge in [0.1, 0.15) is 12.5 Å². The molecular formula is C23H28F2N4O. The molecule has 2 fully saturated rings. The Kier molecular flexibility index (Phi) is 5.90. The number of piperidine rings is 1. The molecule has 2 amide bonds. The van der Waals surface area contributed by atoms with E-state index in [-0.39, 0.29) is 23.9 Å². The number of benzene rings is 2. The van der Waals surface area contributed by atoms with Crippen molar-refractivity contribution in [1.82, 2.24) is 9.80 Å². The number of hydrogen-bond acceptors (Lipinski definition) is 3. The molecule has 2 aliphatic heterocycles. The normalized spacial score (nSPS) is 18.7. The van der Waals surface area contributed by atoms with E-state index in [1.54, 1.807) is 18.2 Å². The minimum absolute atomic E-state index is 0.161. The van der Waals surface area contributed by atoms with Crippen LogP contribution in [0.3, 0.4) is 0 Å². The van der Waals surface area contributed by atoms with Crippen molar-refractivity contribution in [3.63, 3.8) is 0 Å². The molecule has 2 aliphatic rings. The number of amides is 2. The van der Waals surface area contributed by atoms with Crippen LogP contribution in [0.2, 0.25) is 0 Å². The van der Waals surface area contributed by atoms with E-state index in [2.05, 4.69) is 10.2 Å². The predicted octanol–water partition coefficient (Wildman–Crippen LogP) is 4.36. The molecular weight excluding hydrogens is 386 g/mol. The summed E-state index contributed by atoms with van der Waals surface area (Å²) in [7, 11) is 0. The van der Waals surface area contributed by atoms with Crippen molar-refractivity contribution < 1.29 is 13.6 Å². The van der Waals surface area contributed by atoms with Gasteiger partial charge in [-0.1, -0.05) is 18.2 Å². The Bertz CT molecular complexity index is 895. The van der Waals surface area contributed by atoms with Crippen LogP contribution in [0.15, 0.2) is 42.5 Å². The summed E-state index contributed by atoms with van der Waals surface area (Å²) in [6.07, 6.45) is 2.96. The average molecular weight is 415 g/mol. The maximum absolute atomic E-state index is 13.2. The Labute approximate surface area is 175 Å². The second-order valence-electron chi connectivity index (χ2n) is 8.44. The van der Waals surface area contributed by atoms with Crippen molar-refractivity contribution in [2.75, 3.05) is 50.4 Å². The number of urea groups is 1. The van der Waals surface area contributed by atoms with E-state index in [0.29, 0.717) is 31.0 Å². The summed E-state index contributed by atoms with van der Waals surface area (Å²) in [6.45, 7) is 3.46. The lowest BCUT2D eigenvalue weighted by molar-refractivity contribution is 0.124.